The molecular formula is C8H11N3O3S. The Hall–Kier alpha value is -1.60. The molecule has 82 valence electrons. The van der Waals surface area contributed by atoms with Gasteiger partial charge in [-0.15, -0.1) is 0 Å². The number of benzene rings is 1. The zero-order chi connectivity index (χ0) is 11.5. The molecule has 0 atom stereocenters. The minimum Gasteiger partial charge on any atom is -0.351 e. The Morgan fingerprint density at radius 2 is 1.80 bits per heavy atom. The van der Waals surface area contributed by atoms with Gasteiger partial charge in [-0.05, 0) is 17.7 Å². The number of nitrogens with two attached hydrogens (primary N) is 2. The number of primary amides is 1. The van der Waals surface area contributed by atoms with Gasteiger partial charge in [0.2, 0.25) is 0 Å². The van der Waals surface area contributed by atoms with Crippen molar-refractivity contribution in [3.05, 3.63) is 29.8 Å². The average Bonchev–Trinajstić information content (AvgIpc) is 2.16. The standard InChI is InChI=1S/C8H11N3O3S/c9-5-6-1-3-7(4-2-6)15(13,14)11-8(10)12/h1-4H,5,9H2,(H3,10,11,12). The van der Waals surface area contributed by atoms with Gasteiger partial charge in [0.05, 0.1) is 4.90 Å². The Kier molecular flexibility index (Phi) is 3.28. The van der Waals surface area contributed by atoms with E-state index in [1.807, 2.05) is 0 Å². The van der Waals surface area contributed by atoms with Crippen LogP contribution in [0.5, 0.6) is 0 Å². The second kappa shape index (κ2) is 4.28. The predicted molar refractivity (Wildman–Crippen MR) is 54.2 cm³/mol. The van der Waals surface area contributed by atoms with Crippen molar-refractivity contribution in [3.8, 4) is 0 Å². The van der Waals surface area contributed by atoms with Gasteiger partial charge >= 0.3 is 6.03 Å². The molecule has 1 aromatic rings. The van der Waals surface area contributed by atoms with Crippen molar-refractivity contribution in [2.45, 2.75) is 11.4 Å². The van der Waals surface area contributed by atoms with Crippen molar-refractivity contribution in [1.29, 1.82) is 0 Å². The number of carbonyl (C=O) groups excluding carboxylic acids is 1. The SMILES string of the molecule is NCc1ccc(S(=O)(=O)NC(N)=O)cc1. The van der Waals surface area contributed by atoms with E-state index in [2.05, 4.69) is 0 Å². The highest BCUT2D eigenvalue weighted by atomic mass is 32.2. The largest absolute Gasteiger partial charge is 0.351 e. The van der Waals surface area contributed by atoms with Crippen molar-refractivity contribution in [1.82, 2.24) is 4.72 Å². The number of carbonyl (C=O) groups is 1. The van der Waals surface area contributed by atoms with E-state index in [-0.39, 0.29) is 4.90 Å². The molecule has 1 aromatic carbocycles. The van der Waals surface area contributed by atoms with Gasteiger partial charge in [0.1, 0.15) is 0 Å². The molecule has 0 unspecified atom stereocenters. The minimum absolute atomic E-state index is 0.0292. The molecule has 1 rings (SSSR count). The van der Waals surface area contributed by atoms with E-state index in [9.17, 15) is 13.2 Å². The van der Waals surface area contributed by atoms with Crippen LogP contribution in [0, 0.1) is 0 Å². The van der Waals surface area contributed by atoms with E-state index in [4.69, 9.17) is 11.5 Å². The summed E-state index contributed by atoms with van der Waals surface area (Å²) in [6, 6.07) is 4.73. The highest BCUT2D eigenvalue weighted by Crippen LogP contribution is 2.09. The number of sulfonamides is 1. The zero-order valence-electron chi connectivity index (χ0n) is 7.80. The first-order valence-corrected chi connectivity index (χ1v) is 5.55. The average molecular weight is 229 g/mol. The lowest BCUT2D eigenvalue weighted by Gasteiger charge is -2.04. The summed E-state index contributed by atoms with van der Waals surface area (Å²) in [7, 11) is -3.85. The third-order valence-corrected chi connectivity index (χ3v) is 3.07. The van der Waals surface area contributed by atoms with E-state index in [1.54, 1.807) is 16.9 Å². The summed E-state index contributed by atoms with van der Waals surface area (Å²) >= 11 is 0. The van der Waals surface area contributed by atoms with Crippen LogP contribution in [-0.4, -0.2) is 14.4 Å². The normalized spacial score (nSPS) is 11.0. The molecule has 0 fully saturated rings. The summed E-state index contributed by atoms with van der Waals surface area (Å²) in [4.78, 5) is 10.4. The van der Waals surface area contributed by atoms with Crippen molar-refractivity contribution in [3.63, 3.8) is 0 Å². The third kappa shape index (κ3) is 2.93. The first kappa shape index (κ1) is 11.5. The molecule has 7 heteroatoms. The van der Waals surface area contributed by atoms with Crippen LogP contribution < -0.4 is 16.2 Å². The smallest absolute Gasteiger partial charge is 0.326 e. The van der Waals surface area contributed by atoms with Crippen LogP contribution in [0.3, 0.4) is 0 Å². The number of nitrogens with one attached hydrogen (secondary N) is 1. The molecule has 0 aliphatic heterocycles. The summed E-state index contributed by atoms with van der Waals surface area (Å²) in [6.45, 7) is 0.323. The van der Waals surface area contributed by atoms with Crippen LogP contribution in [0.1, 0.15) is 5.56 Å². The Morgan fingerprint density at radius 3 is 2.20 bits per heavy atom. The molecule has 2 amide bonds. The van der Waals surface area contributed by atoms with E-state index in [0.29, 0.717) is 6.54 Å². The van der Waals surface area contributed by atoms with E-state index in [1.165, 1.54) is 12.1 Å². The van der Waals surface area contributed by atoms with E-state index >= 15 is 0 Å². The lowest BCUT2D eigenvalue weighted by Crippen LogP contribution is -2.34. The Labute approximate surface area is 87.3 Å². The Morgan fingerprint density at radius 1 is 1.27 bits per heavy atom. The molecular weight excluding hydrogens is 218 g/mol. The number of amides is 2. The summed E-state index contributed by atoms with van der Waals surface area (Å²) in [5.41, 5.74) is 10.9. The fraction of sp³-hybridized carbons (Fsp3) is 0.125. The zero-order valence-corrected chi connectivity index (χ0v) is 8.62. The topological polar surface area (TPSA) is 115 Å². The number of urea groups is 1. The quantitative estimate of drug-likeness (QED) is 0.648. The van der Waals surface area contributed by atoms with Gasteiger partial charge < -0.3 is 11.5 Å². The second-order valence-corrected chi connectivity index (χ2v) is 4.50. The molecule has 6 nitrogen and oxygen atoms in total. The van der Waals surface area contributed by atoms with Crippen LogP contribution in [0.4, 0.5) is 4.79 Å². The van der Waals surface area contributed by atoms with Crippen molar-refractivity contribution in [2.24, 2.45) is 11.5 Å². The molecule has 0 saturated heterocycles. The summed E-state index contributed by atoms with van der Waals surface area (Å²) < 4.78 is 24.5. The van der Waals surface area contributed by atoms with Gasteiger partial charge in [-0.1, -0.05) is 12.1 Å². The molecule has 0 aliphatic rings. The number of hydrogen-bond donors (Lipinski definition) is 3. The Bertz CT molecular complexity index is 453. The fourth-order valence-corrected chi connectivity index (χ4v) is 1.87. The highest BCUT2D eigenvalue weighted by molar-refractivity contribution is 7.90. The molecule has 0 bridgehead atoms. The minimum atomic E-state index is -3.85. The Balaban J connectivity index is 3.01. The maximum atomic E-state index is 11.4. The molecule has 0 spiro atoms. The first-order valence-electron chi connectivity index (χ1n) is 4.07. The van der Waals surface area contributed by atoms with Crippen molar-refractivity contribution in [2.75, 3.05) is 0 Å². The van der Waals surface area contributed by atoms with Gasteiger partial charge in [-0.3, -0.25) is 0 Å². The van der Waals surface area contributed by atoms with Crippen molar-refractivity contribution < 1.29 is 13.2 Å². The molecule has 0 aromatic heterocycles. The molecule has 15 heavy (non-hydrogen) atoms. The van der Waals surface area contributed by atoms with E-state index in [0.717, 1.165) is 5.56 Å². The molecule has 0 heterocycles. The summed E-state index contributed by atoms with van der Waals surface area (Å²) in [5.74, 6) is 0. The van der Waals surface area contributed by atoms with E-state index < -0.39 is 16.1 Å². The summed E-state index contributed by atoms with van der Waals surface area (Å²) in [5, 5.41) is 0. The van der Waals surface area contributed by atoms with Crippen LogP contribution in [0.25, 0.3) is 0 Å². The van der Waals surface area contributed by atoms with Crippen LogP contribution >= 0.6 is 0 Å². The van der Waals surface area contributed by atoms with Crippen LogP contribution in [-0.2, 0) is 16.6 Å². The van der Waals surface area contributed by atoms with Crippen molar-refractivity contribution >= 4 is 16.1 Å². The fourth-order valence-electron chi connectivity index (χ4n) is 0.996. The first-order chi connectivity index (χ1) is 6.95. The van der Waals surface area contributed by atoms with Gasteiger partial charge in [0.15, 0.2) is 0 Å². The molecule has 0 saturated carbocycles. The maximum Gasteiger partial charge on any atom is 0.326 e. The number of rotatable bonds is 3. The monoisotopic (exact) mass is 229 g/mol. The predicted octanol–water partition coefficient (Wildman–Crippen LogP) is -0.498. The van der Waals surface area contributed by atoms with Gasteiger partial charge in [-0.25, -0.2) is 17.9 Å². The van der Waals surface area contributed by atoms with Gasteiger partial charge in [0.25, 0.3) is 10.0 Å². The maximum absolute atomic E-state index is 11.4. The molecule has 5 N–H and O–H groups in total. The second-order valence-electron chi connectivity index (χ2n) is 2.82. The highest BCUT2D eigenvalue weighted by Gasteiger charge is 2.14. The molecule has 0 radical (unpaired) electrons. The van der Waals surface area contributed by atoms with Gasteiger partial charge in [-0.2, -0.15) is 0 Å². The van der Waals surface area contributed by atoms with Crippen LogP contribution in [0.2, 0.25) is 0 Å². The van der Waals surface area contributed by atoms with Crippen LogP contribution in [0.15, 0.2) is 29.2 Å². The summed E-state index contributed by atoms with van der Waals surface area (Å²) in [6.07, 6.45) is 0. The lowest BCUT2D eigenvalue weighted by atomic mass is 10.2. The van der Waals surface area contributed by atoms with Gasteiger partial charge in [0, 0.05) is 6.54 Å². The third-order valence-electron chi connectivity index (χ3n) is 1.70. The number of hydrogen-bond acceptors (Lipinski definition) is 4. The lowest BCUT2D eigenvalue weighted by molar-refractivity contribution is 0.253. The molecule has 0 aliphatic carbocycles.